The number of hydrogen-bond acceptors (Lipinski definition) is 2. The maximum atomic E-state index is 13.9. The molecule has 0 heterocycles. The van der Waals surface area contributed by atoms with Gasteiger partial charge in [-0.3, -0.25) is 4.90 Å². The van der Waals surface area contributed by atoms with E-state index in [1.807, 2.05) is 36.2 Å². The molecule has 0 bridgehead atoms. The Kier molecular flexibility index (Phi) is 5.45. The van der Waals surface area contributed by atoms with Crippen molar-refractivity contribution in [2.24, 2.45) is 5.73 Å². The summed E-state index contributed by atoms with van der Waals surface area (Å²) in [5.41, 5.74) is 6.81. The number of likely N-dealkylation sites (N-methyl/N-ethyl adjacent to an activating group) is 1. The fourth-order valence-electron chi connectivity index (χ4n) is 2.38. The van der Waals surface area contributed by atoms with E-state index in [0.29, 0.717) is 6.54 Å². The van der Waals surface area contributed by atoms with Crippen molar-refractivity contribution in [3.63, 3.8) is 0 Å². The van der Waals surface area contributed by atoms with Crippen LogP contribution in [0.25, 0.3) is 0 Å². The molecule has 1 unspecified atom stereocenters. The highest BCUT2D eigenvalue weighted by Gasteiger charge is 2.22. The van der Waals surface area contributed by atoms with Crippen molar-refractivity contribution in [3.05, 3.63) is 69.7 Å². The second-order valence-corrected chi connectivity index (χ2v) is 5.85. The van der Waals surface area contributed by atoms with Gasteiger partial charge in [0.1, 0.15) is 11.6 Å². The molecule has 1 atom stereocenters. The first-order valence-electron chi connectivity index (χ1n) is 6.61. The molecular formula is C16H17BrF2N2. The van der Waals surface area contributed by atoms with Crippen LogP contribution in [0.5, 0.6) is 0 Å². The topological polar surface area (TPSA) is 29.3 Å². The highest BCUT2D eigenvalue weighted by atomic mass is 79.9. The van der Waals surface area contributed by atoms with Crippen LogP contribution in [0.4, 0.5) is 8.78 Å². The first-order valence-corrected chi connectivity index (χ1v) is 7.41. The van der Waals surface area contributed by atoms with Crippen molar-refractivity contribution >= 4 is 15.9 Å². The van der Waals surface area contributed by atoms with E-state index in [0.717, 1.165) is 10.0 Å². The molecule has 2 aromatic rings. The van der Waals surface area contributed by atoms with Gasteiger partial charge in [-0.1, -0.05) is 34.1 Å². The van der Waals surface area contributed by atoms with E-state index in [1.165, 1.54) is 18.2 Å². The number of nitrogens with zero attached hydrogens (tertiary/aromatic N) is 1. The fourth-order valence-corrected chi connectivity index (χ4v) is 2.83. The molecule has 0 amide bonds. The molecule has 5 heteroatoms. The third kappa shape index (κ3) is 3.87. The standard InChI is InChI=1S/C16H17BrF2N2/c1-21(10-11-4-2-5-12(17)8-11)15(9-20)16-13(18)6-3-7-14(16)19/h2-8,15H,9-10,20H2,1H3. The molecule has 0 fully saturated rings. The molecule has 0 aliphatic rings. The molecule has 0 saturated carbocycles. The minimum atomic E-state index is -0.563. The fraction of sp³-hybridized carbons (Fsp3) is 0.250. The predicted octanol–water partition coefficient (Wildman–Crippen LogP) is 3.86. The van der Waals surface area contributed by atoms with Gasteiger partial charge in [-0.2, -0.15) is 0 Å². The second kappa shape index (κ2) is 7.11. The van der Waals surface area contributed by atoms with E-state index in [2.05, 4.69) is 15.9 Å². The Balaban J connectivity index is 2.25. The first kappa shape index (κ1) is 16.1. The summed E-state index contributed by atoms with van der Waals surface area (Å²) < 4.78 is 28.8. The van der Waals surface area contributed by atoms with Gasteiger partial charge < -0.3 is 5.73 Å². The maximum Gasteiger partial charge on any atom is 0.130 e. The molecule has 0 aromatic heterocycles. The highest BCUT2D eigenvalue weighted by Crippen LogP contribution is 2.26. The molecule has 112 valence electrons. The molecule has 0 spiro atoms. The van der Waals surface area contributed by atoms with Gasteiger partial charge >= 0.3 is 0 Å². The van der Waals surface area contributed by atoms with Crippen LogP contribution in [0.2, 0.25) is 0 Å². The first-order chi connectivity index (χ1) is 10.0. The van der Waals surface area contributed by atoms with E-state index < -0.39 is 17.7 Å². The largest absolute Gasteiger partial charge is 0.329 e. The van der Waals surface area contributed by atoms with Crippen molar-refractivity contribution in [1.82, 2.24) is 4.90 Å². The summed E-state index contributed by atoms with van der Waals surface area (Å²) in [6.45, 7) is 0.692. The Morgan fingerprint density at radius 1 is 1.14 bits per heavy atom. The molecule has 2 N–H and O–H groups in total. The molecule has 0 aliphatic carbocycles. The van der Waals surface area contributed by atoms with Gasteiger partial charge in [-0.05, 0) is 36.9 Å². The molecule has 21 heavy (non-hydrogen) atoms. The zero-order valence-electron chi connectivity index (χ0n) is 11.7. The maximum absolute atomic E-state index is 13.9. The van der Waals surface area contributed by atoms with Crippen molar-refractivity contribution in [1.29, 1.82) is 0 Å². The third-order valence-corrected chi connectivity index (χ3v) is 3.90. The number of hydrogen-bond donors (Lipinski definition) is 1. The molecule has 0 radical (unpaired) electrons. The van der Waals surface area contributed by atoms with Gasteiger partial charge in [0.25, 0.3) is 0 Å². The van der Waals surface area contributed by atoms with Gasteiger partial charge in [0.05, 0.1) is 6.04 Å². The lowest BCUT2D eigenvalue weighted by Crippen LogP contribution is -2.31. The van der Waals surface area contributed by atoms with Crippen molar-refractivity contribution < 1.29 is 8.78 Å². The quantitative estimate of drug-likeness (QED) is 0.883. The van der Waals surface area contributed by atoms with Gasteiger partial charge in [0.2, 0.25) is 0 Å². The Labute approximate surface area is 131 Å². The molecule has 0 saturated heterocycles. The SMILES string of the molecule is CN(Cc1cccc(Br)c1)C(CN)c1c(F)cccc1F. The van der Waals surface area contributed by atoms with E-state index in [1.54, 1.807) is 0 Å². The predicted molar refractivity (Wildman–Crippen MR) is 83.8 cm³/mol. The lowest BCUT2D eigenvalue weighted by molar-refractivity contribution is 0.231. The van der Waals surface area contributed by atoms with Crippen LogP contribution in [0.1, 0.15) is 17.2 Å². The van der Waals surface area contributed by atoms with Crippen LogP contribution < -0.4 is 5.73 Å². The number of nitrogens with two attached hydrogens (primary N) is 1. The Bertz CT molecular complexity index is 599. The van der Waals surface area contributed by atoms with Gasteiger partial charge in [-0.25, -0.2) is 8.78 Å². The zero-order chi connectivity index (χ0) is 15.4. The normalized spacial score (nSPS) is 12.7. The van der Waals surface area contributed by atoms with Crippen molar-refractivity contribution in [3.8, 4) is 0 Å². The van der Waals surface area contributed by atoms with Crippen LogP contribution >= 0.6 is 15.9 Å². The van der Waals surface area contributed by atoms with E-state index in [4.69, 9.17) is 5.73 Å². The number of benzene rings is 2. The lowest BCUT2D eigenvalue weighted by Gasteiger charge is -2.28. The van der Waals surface area contributed by atoms with Crippen LogP contribution in [0.3, 0.4) is 0 Å². The smallest absolute Gasteiger partial charge is 0.130 e. The summed E-state index contributed by atoms with van der Waals surface area (Å²) in [4.78, 5) is 1.85. The number of rotatable bonds is 5. The van der Waals surface area contributed by atoms with E-state index in [-0.39, 0.29) is 12.1 Å². The third-order valence-electron chi connectivity index (χ3n) is 3.41. The average molecular weight is 355 g/mol. The minimum absolute atomic E-state index is 0.0255. The highest BCUT2D eigenvalue weighted by molar-refractivity contribution is 9.10. The molecule has 2 nitrogen and oxygen atoms in total. The van der Waals surface area contributed by atoms with Crippen LogP contribution in [0.15, 0.2) is 46.9 Å². The summed E-state index contributed by atoms with van der Waals surface area (Å²) >= 11 is 3.41. The Morgan fingerprint density at radius 2 is 1.76 bits per heavy atom. The zero-order valence-corrected chi connectivity index (χ0v) is 13.3. The van der Waals surface area contributed by atoms with Gasteiger partial charge in [0, 0.05) is 23.1 Å². The Hall–Kier alpha value is -1.30. The average Bonchev–Trinajstić information content (AvgIpc) is 2.43. The van der Waals surface area contributed by atoms with Gasteiger partial charge in [-0.15, -0.1) is 0 Å². The summed E-state index contributed by atoms with van der Waals surface area (Å²) in [6.07, 6.45) is 0. The number of halogens is 3. The van der Waals surface area contributed by atoms with Crippen LogP contribution in [-0.2, 0) is 6.54 Å². The van der Waals surface area contributed by atoms with Gasteiger partial charge in [0.15, 0.2) is 0 Å². The molecule has 2 aromatic carbocycles. The molecular weight excluding hydrogens is 338 g/mol. The van der Waals surface area contributed by atoms with E-state index in [9.17, 15) is 8.78 Å². The lowest BCUT2D eigenvalue weighted by atomic mass is 10.0. The van der Waals surface area contributed by atoms with Crippen molar-refractivity contribution in [2.45, 2.75) is 12.6 Å². The summed E-state index contributed by atoms with van der Waals surface area (Å²) in [7, 11) is 1.81. The van der Waals surface area contributed by atoms with Crippen molar-refractivity contribution in [2.75, 3.05) is 13.6 Å². The Morgan fingerprint density at radius 3 is 2.33 bits per heavy atom. The minimum Gasteiger partial charge on any atom is -0.329 e. The van der Waals surface area contributed by atoms with E-state index >= 15 is 0 Å². The second-order valence-electron chi connectivity index (χ2n) is 4.93. The summed E-state index contributed by atoms with van der Waals surface area (Å²) in [5, 5.41) is 0. The van der Waals surface area contributed by atoms with Crippen LogP contribution in [-0.4, -0.2) is 18.5 Å². The summed E-state index contributed by atoms with van der Waals surface area (Å²) in [5.74, 6) is -1.13. The monoisotopic (exact) mass is 354 g/mol. The molecule has 2 rings (SSSR count). The molecule has 0 aliphatic heterocycles. The van der Waals surface area contributed by atoms with Crippen LogP contribution in [0, 0.1) is 11.6 Å². The summed E-state index contributed by atoms with van der Waals surface area (Å²) in [6, 6.07) is 11.2.